The SMILES string of the molecule is CC/C=C\C/C=C\CCCCC(=O)OCC(COC(=O)CCCCC/C=C\CCCCCCCC)OC(=O)CCCCCCCCCCCC. The maximum absolute atomic E-state index is 12.6. The van der Waals surface area contributed by atoms with Gasteiger partial charge < -0.3 is 14.2 Å². The Kier molecular flexibility index (Phi) is 37.5. The predicted octanol–water partition coefficient (Wildman–Crippen LogP) is 13.0. The van der Waals surface area contributed by atoms with Gasteiger partial charge in [0.05, 0.1) is 0 Å². The van der Waals surface area contributed by atoms with Crippen molar-refractivity contribution in [1.29, 1.82) is 0 Å². The molecule has 0 saturated heterocycles. The molecular formula is C44H78O6. The van der Waals surface area contributed by atoms with Gasteiger partial charge in [0.1, 0.15) is 13.2 Å². The van der Waals surface area contributed by atoms with E-state index in [2.05, 4.69) is 57.2 Å². The molecule has 0 amide bonds. The summed E-state index contributed by atoms with van der Waals surface area (Å²) in [5.74, 6) is -0.946. The fourth-order valence-electron chi connectivity index (χ4n) is 5.71. The van der Waals surface area contributed by atoms with Gasteiger partial charge in [-0.15, -0.1) is 0 Å². The second kappa shape index (κ2) is 39.4. The molecule has 290 valence electrons. The molecule has 0 aliphatic rings. The summed E-state index contributed by atoms with van der Waals surface area (Å²) in [4.78, 5) is 37.5. The first kappa shape index (κ1) is 47.6. The highest BCUT2D eigenvalue weighted by Crippen LogP contribution is 2.13. The van der Waals surface area contributed by atoms with Crippen LogP contribution in [0.1, 0.15) is 207 Å². The summed E-state index contributed by atoms with van der Waals surface area (Å²) in [7, 11) is 0. The summed E-state index contributed by atoms with van der Waals surface area (Å²) >= 11 is 0. The van der Waals surface area contributed by atoms with E-state index >= 15 is 0 Å². The van der Waals surface area contributed by atoms with Gasteiger partial charge in [-0.25, -0.2) is 0 Å². The number of carbonyl (C=O) groups is 3. The minimum atomic E-state index is -0.783. The van der Waals surface area contributed by atoms with Gasteiger partial charge in [0, 0.05) is 19.3 Å². The van der Waals surface area contributed by atoms with Crippen LogP contribution in [0.3, 0.4) is 0 Å². The van der Waals surface area contributed by atoms with Gasteiger partial charge in [-0.2, -0.15) is 0 Å². The molecule has 0 bridgehead atoms. The molecule has 1 unspecified atom stereocenters. The third-order valence-electron chi connectivity index (χ3n) is 8.88. The third kappa shape index (κ3) is 36.9. The standard InChI is InChI=1S/C44H78O6/c1-4-7-10-13-16-19-21-22-23-26-28-31-34-37-43(46)49-40-41(39-48-42(45)36-33-30-27-24-18-15-12-9-6-3)50-44(47)38-35-32-29-25-20-17-14-11-8-5-2/h9,12,18,22-24,41H,4-8,10-11,13-17,19-21,25-40H2,1-3H3/b12-9-,23-22-,24-18-. The van der Waals surface area contributed by atoms with Crippen LogP contribution >= 0.6 is 0 Å². The number of hydrogen-bond donors (Lipinski definition) is 0. The van der Waals surface area contributed by atoms with Crippen molar-refractivity contribution in [3.8, 4) is 0 Å². The molecule has 0 aromatic rings. The average Bonchev–Trinajstić information content (AvgIpc) is 3.11. The molecular weight excluding hydrogens is 624 g/mol. The van der Waals surface area contributed by atoms with Crippen LogP contribution in [-0.4, -0.2) is 37.2 Å². The molecule has 0 rings (SSSR count). The molecule has 0 aromatic carbocycles. The van der Waals surface area contributed by atoms with E-state index in [4.69, 9.17) is 14.2 Å². The number of allylic oxidation sites excluding steroid dienone is 6. The lowest BCUT2D eigenvalue weighted by Crippen LogP contribution is -2.30. The van der Waals surface area contributed by atoms with Crippen molar-refractivity contribution >= 4 is 17.9 Å². The highest BCUT2D eigenvalue weighted by molar-refractivity contribution is 5.71. The second-order valence-electron chi connectivity index (χ2n) is 13.9. The summed E-state index contributed by atoms with van der Waals surface area (Å²) < 4.78 is 16.6. The second-order valence-corrected chi connectivity index (χ2v) is 13.9. The Labute approximate surface area is 308 Å². The summed E-state index contributed by atoms with van der Waals surface area (Å²) in [5.41, 5.74) is 0. The first-order valence-electron chi connectivity index (χ1n) is 21.0. The first-order chi connectivity index (χ1) is 24.5. The molecule has 0 spiro atoms. The van der Waals surface area contributed by atoms with Crippen LogP contribution in [0, 0.1) is 0 Å². The lowest BCUT2D eigenvalue weighted by molar-refractivity contribution is -0.167. The summed E-state index contributed by atoms with van der Waals surface area (Å²) in [6.45, 7) is 6.43. The van der Waals surface area contributed by atoms with Crippen LogP contribution in [0.15, 0.2) is 36.5 Å². The Bertz CT molecular complexity index is 861. The van der Waals surface area contributed by atoms with Crippen molar-refractivity contribution in [2.45, 2.75) is 213 Å². The molecule has 6 nitrogen and oxygen atoms in total. The molecule has 50 heavy (non-hydrogen) atoms. The van der Waals surface area contributed by atoms with Gasteiger partial charge in [0.15, 0.2) is 6.10 Å². The quantitative estimate of drug-likeness (QED) is 0.0277. The zero-order valence-electron chi connectivity index (χ0n) is 32.9. The van der Waals surface area contributed by atoms with E-state index < -0.39 is 6.10 Å². The largest absolute Gasteiger partial charge is 0.462 e. The lowest BCUT2D eigenvalue weighted by Gasteiger charge is -2.18. The van der Waals surface area contributed by atoms with Crippen LogP contribution in [-0.2, 0) is 28.6 Å². The van der Waals surface area contributed by atoms with Crippen LogP contribution < -0.4 is 0 Å². The molecule has 6 heteroatoms. The van der Waals surface area contributed by atoms with Crippen LogP contribution in [0.5, 0.6) is 0 Å². The third-order valence-corrected chi connectivity index (χ3v) is 8.88. The van der Waals surface area contributed by atoms with E-state index in [1.165, 1.54) is 83.5 Å². The number of rotatable bonds is 37. The van der Waals surface area contributed by atoms with E-state index in [1.54, 1.807) is 0 Å². The maximum Gasteiger partial charge on any atom is 0.306 e. The Morgan fingerprint density at radius 3 is 1.28 bits per heavy atom. The van der Waals surface area contributed by atoms with Gasteiger partial charge in [-0.1, -0.05) is 154 Å². The predicted molar refractivity (Wildman–Crippen MR) is 210 cm³/mol. The van der Waals surface area contributed by atoms with E-state index in [-0.39, 0.29) is 31.1 Å². The van der Waals surface area contributed by atoms with Gasteiger partial charge in [-0.05, 0) is 70.6 Å². The molecule has 0 heterocycles. The topological polar surface area (TPSA) is 78.9 Å². The highest BCUT2D eigenvalue weighted by atomic mass is 16.6. The van der Waals surface area contributed by atoms with Crippen LogP contribution in [0.4, 0.5) is 0 Å². The Morgan fingerprint density at radius 1 is 0.420 bits per heavy atom. The number of esters is 3. The Balaban J connectivity index is 4.40. The molecule has 0 aliphatic heterocycles. The van der Waals surface area contributed by atoms with Crippen molar-refractivity contribution in [3.63, 3.8) is 0 Å². The smallest absolute Gasteiger partial charge is 0.306 e. The lowest BCUT2D eigenvalue weighted by atomic mass is 10.1. The molecule has 0 radical (unpaired) electrons. The summed E-state index contributed by atoms with van der Waals surface area (Å²) in [6.07, 6.45) is 42.8. The Hall–Kier alpha value is -2.37. The number of hydrogen-bond acceptors (Lipinski definition) is 6. The van der Waals surface area contributed by atoms with Crippen molar-refractivity contribution in [1.82, 2.24) is 0 Å². The number of unbranched alkanes of at least 4 members (excludes halogenated alkanes) is 20. The van der Waals surface area contributed by atoms with E-state index in [1.807, 2.05) is 0 Å². The van der Waals surface area contributed by atoms with Gasteiger partial charge in [0.25, 0.3) is 0 Å². The van der Waals surface area contributed by atoms with Gasteiger partial charge >= 0.3 is 17.9 Å². The van der Waals surface area contributed by atoms with Crippen molar-refractivity contribution in [2.75, 3.05) is 13.2 Å². The highest BCUT2D eigenvalue weighted by Gasteiger charge is 2.19. The molecule has 0 saturated carbocycles. The molecule has 0 aromatic heterocycles. The van der Waals surface area contributed by atoms with Gasteiger partial charge in [0.2, 0.25) is 0 Å². The van der Waals surface area contributed by atoms with Crippen LogP contribution in [0.2, 0.25) is 0 Å². The number of carbonyl (C=O) groups excluding carboxylic acids is 3. The van der Waals surface area contributed by atoms with Crippen LogP contribution in [0.25, 0.3) is 0 Å². The molecule has 0 aliphatic carbocycles. The summed E-state index contributed by atoms with van der Waals surface area (Å²) in [5, 5.41) is 0. The van der Waals surface area contributed by atoms with Crippen molar-refractivity contribution < 1.29 is 28.6 Å². The van der Waals surface area contributed by atoms with E-state index in [0.29, 0.717) is 19.3 Å². The molecule has 0 fully saturated rings. The molecule has 1 atom stereocenters. The average molecular weight is 703 g/mol. The van der Waals surface area contributed by atoms with Crippen molar-refractivity contribution in [3.05, 3.63) is 36.5 Å². The molecule has 0 N–H and O–H groups in total. The zero-order valence-corrected chi connectivity index (χ0v) is 32.9. The Morgan fingerprint density at radius 2 is 0.780 bits per heavy atom. The number of ether oxygens (including phenoxy) is 3. The zero-order chi connectivity index (χ0) is 36.6. The minimum Gasteiger partial charge on any atom is -0.462 e. The summed E-state index contributed by atoms with van der Waals surface area (Å²) in [6, 6.07) is 0. The fraction of sp³-hybridized carbons (Fsp3) is 0.795. The van der Waals surface area contributed by atoms with Gasteiger partial charge in [-0.3, -0.25) is 14.4 Å². The van der Waals surface area contributed by atoms with E-state index in [9.17, 15) is 14.4 Å². The van der Waals surface area contributed by atoms with E-state index in [0.717, 1.165) is 83.5 Å². The monoisotopic (exact) mass is 703 g/mol. The van der Waals surface area contributed by atoms with Crippen molar-refractivity contribution in [2.24, 2.45) is 0 Å². The first-order valence-corrected chi connectivity index (χ1v) is 21.0. The maximum atomic E-state index is 12.6. The normalized spacial score (nSPS) is 12.3. The fourth-order valence-corrected chi connectivity index (χ4v) is 5.71. The minimum absolute atomic E-state index is 0.0889.